The number of aromatic nitrogens is 2. The van der Waals surface area contributed by atoms with Gasteiger partial charge in [-0.2, -0.15) is 0 Å². The van der Waals surface area contributed by atoms with Crippen LogP contribution >= 0.6 is 22.7 Å². The number of rotatable bonds is 6. The minimum atomic E-state index is -0.178. The van der Waals surface area contributed by atoms with Gasteiger partial charge in [0.2, 0.25) is 0 Å². The standard InChI is InChI=1S/C69H44N2S2/c1-69(2)59-24-14-23-55(67(59)58-38-42-17-6-7-18-43(42)39-60(58)69)62-40-61(70-68(71-62)41-15-4-3-5-16-41)52-30-29-49(50-19-8-9-20-51(50)52)48-34-46(44-27-31-65-56(36-44)53-21-10-12-25-63(53)72-65)33-47(35-48)45-28-32-66-57(37-45)54-22-11-13-26-64(54)73-66/h3-40H,1-2H3. The van der Waals surface area contributed by atoms with Crippen molar-refractivity contribution in [3.8, 4) is 78.4 Å². The molecule has 3 heterocycles. The maximum absolute atomic E-state index is 5.44. The van der Waals surface area contributed by atoms with Crippen molar-refractivity contribution < 1.29 is 0 Å². The van der Waals surface area contributed by atoms with Gasteiger partial charge in [-0.15, -0.1) is 22.7 Å². The van der Waals surface area contributed by atoms with Crippen LogP contribution in [0.3, 0.4) is 0 Å². The lowest BCUT2D eigenvalue weighted by atomic mass is 9.81. The lowest BCUT2D eigenvalue weighted by Gasteiger charge is -2.22. The number of hydrogen-bond acceptors (Lipinski definition) is 4. The third kappa shape index (κ3) is 6.75. The molecule has 15 rings (SSSR count). The van der Waals surface area contributed by atoms with Crippen molar-refractivity contribution in [3.63, 3.8) is 0 Å². The van der Waals surface area contributed by atoms with E-state index in [0.717, 1.165) is 33.5 Å². The van der Waals surface area contributed by atoms with E-state index in [-0.39, 0.29) is 5.41 Å². The van der Waals surface area contributed by atoms with Crippen LogP contribution in [0.4, 0.5) is 0 Å². The predicted octanol–water partition coefficient (Wildman–Crippen LogP) is 19.8. The molecule has 0 radical (unpaired) electrons. The van der Waals surface area contributed by atoms with Gasteiger partial charge >= 0.3 is 0 Å². The molecule has 3 aromatic heterocycles. The Balaban J connectivity index is 0.927. The molecular weight excluding hydrogens is 921 g/mol. The van der Waals surface area contributed by atoms with Gasteiger partial charge in [0, 0.05) is 62.4 Å². The highest BCUT2D eigenvalue weighted by molar-refractivity contribution is 7.26. The zero-order chi connectivity index (χ0) is 48.4. The predicted molar refractivity (Wildman–Crippen MR) is 313 cm³/mol. The summed E-state index contributed by atoms with van der Waals surface area (Å²) in [4.78, 5) is 10.9. The third-order valence-electron chi connectivity index (χ3n) is 15.5. The molecule has 0 spiro atoms. The van der Waals surface area contributed by atoms with Crippen LogP contribution < -0.4 is 0 Å². The number of benzene rings is 11. The van der Waals surface area contributed by atoms with E-state index < -0.39 is 0 Å². The summed E-state index contributed by atoms with van der Waals surface area (Å²) in [6, 6.07) is 85.2. The Morgan fingerprint density at radius 2 is 0.822 bits per heavy atom. The van der Waals surface area contributed by atoms with Gasteiger partial charge in [0.1, 0.15) is 0 Å². The van der Waals surface area contributed by atoms with Gasteiger partial charge < -0.3 is 0 Å². The maximum Gasteiger partial charge on any atom is 0.160 e. The lowest BCUT2D eigenvalue weighted by Crippen LogP contribution is -2.14. The summed E-state index contributed by atoms with van der Waals surface area (Å²) in [5.74, 6) is 0.706. The number of hydrogen-bond donors (Lipinski definition) is 0. The summed E-state index contributed by atoms with van der Waals surface area (Å²) < 4.78 is 5.24. The van der Waals surface area contributed by atoms with Crippen LogP contribution in [0.25, 0.3) is 140 Å². The van der Waals surface area contributed by atoms with Crippen LogP contribution in [-0.4, -0.2) is 9.97 Å². The molecule has 0 amide bonds. The zero-order valence-electron chi connectivity index (χ0n) is 40.2. The van der Waals surface area contributed by atoms with E-state index in [0.29, 0.717) is 5.82 Å². The summed E-state index contributed by atoms with van der Waals surface area (Å²) in [5.41, 5.74) is 17.1. The van der Waals surface area contributed by atoms with Crippen molar-refractivity contribution in [2.45, 2.75) is 19.3 Å². The van der Waals surface area contributed by atoms with Gasteiger partial charge in [0.25, 0.3) is 0 Å². The van der Waals surface area contributed by atoms with Crippen LogP contribution in [0.5, 0.6) is 0 Å². The minimum Gasteiger partial charge on any atom is -0.228 e. The molecule has 342 valence electrons. The van der Waals surface area contributed by atoms with Gasteiger partial charge in [0.15, 0.2) is 5.82 Å². The molecule has 0 saturated carbocycles. The van der Waals surface area contributed by atoms with Gasteiger partial charge in [-0.1, -0.05) is 172 Å². The Kier molecular flexibility index (Phi) is 9.38. The average molecular weight is 965 g/mol. The number of fused-ring (bicyclic) bond motifs is 11. The van der Waals surface area contributed by atoms with E-state index in [1.165, 1.54) is 112 Å². The minimum absolute atomic E-state index is 0.178. The van der Waals surface area contributed by atoms with E-state index in [4.69, 9.17) is 9.97 Å². The van der Waals surface area contributed by atoms with Crippen molar-refractivity contribution in [2.24, 2.45) is 0 Å². The van der Waals surface area contributed by atoms with Gasteiger partial charge in [0.05, 0.1) is 11.4 Å². The average Bonchev–Trinajstić information content (AvgIpc) is 4.08. The quantitative estimate of drug-likeness (QED) is 0.166. The second-order valence-electron chi connectivity index (χ2n) is 20.0. The Labute approximate surface area is 431 Å². The summed E-state index contributed by atoms with van der Waals surface area (Å²) in [6.07, 6.45) is 0. The largest absolute Gasteiger partial charge is 0.228 e. The first-order chi connectivity index (χ1) is 35.9. The molecule has 14 aromatic rings. The molecule has 4 heteroatoms. The SMILES string of the molecule is CC1(C)c2cc3ccccc3cc2-c2c(-c3cc(-c4ccc(-c5cc(-c6ccc7sc8ccccc8c7c6)cc(-c6ccc7sc8ccccc8c7c6)c5)c5ccccc45)nc(-c4ccccc4)n3)cccc21. The van der Waals surface area contributed by atoms with Crippen LogP contribution in [0.2, 0.25) is 0 Å². The Hall–Kier alpha value is -8.54. The smallest absolute Gasteiger partial charge is 0.160 e. The van der Waals surface area contributed by atoms with Crippen LogP contribution in [0.1, 0.15) is 25.0 Å². The number of nitrogens with zero attached hydrogens (tertiary/aromatic N) is 2. The summed E-state index contributed by atoms with van der Waals surface area (Å²) in [5, 5.41) is 10.0. The molecule has 0 bridgehead atoms. The molecule has 0 saturated heterocycles. The topological polar surface area (TPSA) is 25.8 Å². The van der Waals surface area contributed by atoms with E-state index >= 15 is 0 Å². The molecule has 11 aromatic carbocycles. The van der Waals surface area contributed by atoms with E-state index in [9.17, 15) is 0 Å². The molecule has 0 fully saturated rings. The first-order valence-electron chi connectivity index (χ1n) is 25.0. The van der Waals surface area contributed by atoms with Gasteiger partial charge in [-0.3, -0.25) is 0 Å². The Bertz CT molecular complexity index is 4460. The third-order valence-corrected chi connectivity index (χ3v) is 17.8. The van der Waals surface area contributed by atoms with Crippen molar-refractivity contribution in [1.29, 1.82) is 0 Å². The highest BCUT2D eigenvalue weighted by Crippen LogP contribution is 2.53. The van der Waals surface area contributed by atoms with E-state index in [1.807, 2.05) is 22.7 Å². The van der Waals surface area contributed by atoms with Gasteiger partial charge in [-0.25, -0.2) is 9.97 Å². The zero-order valence-corrected chi connectivity index (χ0v) is 41.8. The van der Waals surface area contributed by atoms with Crippen LogP contribution in [0, 0.1) is 0 Å². The fourth-order valence-electron chi connectivity index (χ4n) is 11.8. The second-order valence-corrected chi connectivity index (χ2v) is 22.2. The highest BCUT2D eigenvalue weighted by Gasteiger charge is 2.37. The van der Waals surface area contributed by atoms with E-state index in [1.54, 1.807) is 0 Å². The Morgan fingerprint density at radius 3 is 1.48 bits per heavy atom. The molecule has 0 atom stereocenters. The first-order valence-corrected chi connectivity index (χ1v) is 26.7. The molecule has 0 N–H and O–H groups in total. The molecule has 73 heavy (non-hydrogen) atoms. The monoisotopic (exact) mass is 964 g/mol. The first kappa shape index (κ1) is 42.2. The molecule has 1 aliphatic rings. The molecule has 0 unspecified atom stereocenters. The molecule has 2 nitrogen and oxygen atoms in total. The molecule has 0 aliphatic heterocycles. The second kappa shape index (κ2) is 16.2. The summed E-state index contributed by atoms with van der Waals surface area (Å²) in [6.45, 7) is 4.72. The fourth-order valence-corrected chi connectivity index (χ4v) is 14.0. The maximum atomic E-state index is 5.44. The lowest BCUT2D eigenvalue weighted by molar-refractivity contribution is 0.661. The molecular formula is C69H44N2S2. The van der Waals surface area contributed by atoms with Crippen molar-refractivity contribution in [2.75, 3.05) is 0 Å². The van der Waals surface area contributed by atoms with Gasteiger partial charge in [-0.05, 0) is 150 Å². The normalized spacial score (nSPS) is 12.9. The van der Waals surface area contributed by atoms with Crippen molar-refractivity contribution in [3.05, 3.63) is 242 Å². The van der Waals surface area contributed by atoms with Crippen molar-refractivity contribution in [1.82, 2.24) is 9.97 Å². The van der Waals surface area contributed by atoms with Crippen LogP contribution in [-0.2, 0) is 5.41 Å². The van der Waals surface area contributed by atoms with Crippen molar-refractivity contribution >= 4 is 84.6 Å². The number of thiophene rings is 2. The summed E-state index contributed by atoms with van der Waals surface area (Å²) >= 11 is 3.73. The fraction of sp³-hybridized carbons (Fsp3) is 0.0435. The highest BCUT2D eigenvalue weighted by atomic mass is 32.1. The Morgan fingerprint density at radius 1 is 0.301 bits per heavy atom. The van der Waals surface area contributed by atoms with Crippen LogP contribution in [0.15, 0.2) is 231 Å². The molecule has 1 aliphatic carbocycles. The summed E-state index contributed by atoms with van der Waals surface area (Å²) in [7, 11) is 0. The van der Waals surface area contributed by atoms with E-state index in [2.05, 4.69) is 244 Å².